The lowest BCUT2D eigenvalue weighted by Gasteiger charge is -2.31. The molecule has 0 spiro atoms. The third kappa shape index (κ3) is 6.99. The summed E-state index contributed by atoms with van der Waals surface area (Å²) in [4.78, 5) is 17.0. The van der Waals surface area contributed by atoms with Crippen LogP contribution >= 0.6 is 0 Å². The molecule has 3 aromatic rings. The van der Waals surface area contributed by atoms with E-state index in [4.69, 9.17) is 4.42 Å². The first-order valence-electron chi connectivity index (χ1n) is 11.4. The highest BCUT2D eigenvalue weighted by Crippen LogP contribution is 2.18. The Labute approximate surface area is 194 Å². The number of hydrogen-bond acceptors (Lipinski definition) is 3. The van der Waals surface area contributed by atoms with Crippen molar-refractivity contribution in [3.8, 4) is 0 Å². The van der Waals surface area contributed by atoms with E-state index < -0.39 is 11.6 Å². The molecule has 4 nitrogen and oxygen atoms in total. The predicted octanol–water partition coefficient (Wildman–Crippen LogP) is 5.74. The van der Waals surface area contributed by atoms with Crippen molar-refractivity contribution in [1.82, 2.24) is 9.80 Å². The predicted molar refractivity (Wildman–Crippen MR) is 126 cm³/mol. The Morgan fingerprint density at radius 3 is 2.27 bits per heavy atom. The highest BCUT2D eigenvalue weighted by Gasteiger charge is 2.24. The minimum Gasteiger partial charge on any atom is -0.464 e. The standard InChI is InChI=1S/C27H32F2N2O2/c1-4-20(2)31(18-24-25(28)11-8-12-26(24)29)19-27(32)30(17-23-14-13-21(3)33-23)16-15-22-9-6-5-7-10-22/h5-14,20H,4,15-19H2,1-3H3. The van der Waals surface area contributed by atoms with Crippen molar-refractivity contribution in [3.05, 3.63) is 94.9 Å². The van der Waals surface area contributed by atoms with Crippen molar-refractivity contribution in [2.75, 3.05) is 13.1 Å². The third-order valence-corrected chi connectivity index (χ3v) is 5.98. The number of hydrogen-bond donors (Lipinski definition) is 0. The molecule has 0 radical (unpaired) electrons. The lowest BCUT2D eigenvalue weighted by Crippen LogP contribution is -2.44. The number of carbonyl (C=O) groups excluding carboxylic acids is 1. The van der Waals surface area contributed by atoms with Gasteiger partial charge in [0.15, 0.2) is 0 Å². The Kier molecular flexibility index (Phi) is 8.78. The normalized spacial score (nSPS) is 12.2. The summed E-state index contributed by atoms with van der Waals surface area (Å²) in [6, 6.07) is 17.6. The van der Waals surface area contributed by atoms with E-state index in [1.165, 1.54) is 18.2 Å². The summed E-state index contributed by atoms with van der Waals surface area (Å²) in [5.74, 6) is 0.211. The largest absolute Gasteiger partial charge is 0.464 e. The minimum absolute atomic E-state index is 0.0110. The molecule has 3 rings (SSSR count). The van der Waals surface area contributed by atoms with Gasteiger partial charge < -0.3 is 9.32 Å². The third-order valence-electron chi connectivity index (χ3n) is 5.98. The second-order valence-electron chi connectivity index (χ2n) is 8.43. The van der Waals surface area contributed by atoms with Crippen LogP contribution < -0.4 is 0 Å². The average molecular weight is 455 g/mol. The molecular formula is C27H32F2N2O2. The maximum Gasteiger partial charge on any atom is 0.237 e. The van der Waals surface area contributed by atoms with E-state index in [-0.39, 0.29) is 30.6 Å². The second-order valence-corrected chi connectivity index (χ2v) is 8.43. The van der Waals surface area contributed by atoms with Gasteiger partial charge in [-0.3, -0.25) is 9.69 Å². The maximum absolute atomic E-state index is 14.3. The fourth-order valence-corrected chi connectivity index (χ4v) is 3.74. The first-order chi connectivity index (χ1) is 15.9. The van der Waals surface area contributed by atoms with Gasteiger partial charge in [-0.15, -0.1) is 0 Å². The lowest BCUT2D eigenvalue weighted by atomic mass is 10.1. The van der Waals surface area contributed by atoms with Gasteiger partial charge in [0.2, 0.25) is 5.91 Å². The molecule has 1 atom stereocenters. The number of rotatable bonds is 11. The molecule has 0 aliphatic carbocycles. The number of amides is 1. The zero-order chi connectivity index (χ0) is 23.8. The van der Waals surface area contributed by atoms with E-state index in [0.717, 1.165) is 17.7 Å². The van der Waals surface area contributed by atoms with Gasteiger partial charge in [-0.25, -0.2) is 8.78 Å². The molecule has 0 saturated heterocycles. The minimum atomic E-state index is -0.595. The number of nitrogens with zero attached hydrogens (tertiary/aromatic N) is 2. The monoisotopic (exact) mass is 454 g/mol. The summed E-state index contributed by atoms with van der Waals surface area (Å²) < 4.78 is 34.3. The lowest BCUT2D eigenvalue weighted by molar-refractivity contribution is -0.134. The number of aryl methyl sites for hydroxylation is 1. The molecule has 33 heavy (non-hydrogen) atoms. The van der Waals surface area contributed by atoms with Crippen LogP contribution in [0.3, 0.4) is 0 Å². The average Bonchev–Trinajstić information content (AvgIpc) is 3.22. The zero-order valence-corrected chi connectivity index (χ0v) is 19.6. The van der Waals surface area contributed by atoms with E-state index >= 15 is 0 Å². The first-order valence-corrected chi connectivity index (χ1v) is 11.4. The van der Waals surface area contributed by atoms with Crippen LogP contribution in [0.25, 0.3) is 0 Å². The van der Waals surface area contributed by atoms with Crippen LogP contribution in [-0.2, 0) is 24.3 Å². The molecule has 2 aromatic carbocycles. The Hall–Kier alpha value is -2.99. The molecule has 176 valence electrons. The van der Waals surface area contributed by atoms with Crippen molar-refractivity contribution in [2.24, 2.45) is 0 Å². The SMILES string of the molecule is CCC(C)N(CC(=O)N(CCc1ccccc1)Cc1ccc(C)o1)Cc1c(F)cccc1F. The van der Waals surface area contributed by atoms with Gasteiger partial charge in [0.25, 0.3) is 0 Å². The smallest absolute Gasteiger partial charge is 0.237 e. The summed E-state index contributed by atoms with van der Waals surface area (Å²) in [6.45, 7) is 6.80. The maximum atomic E-state index is 14.3. The van der Waals surface area contributed by atoms with E-state index in [2.05, 4.69) is 0 Å². The summed E-state index contributed by atoms with van der Waals surface area (Å²) in [7, 11) is 0. The number of furan rings is 1. The Bertz CT molecular complexity index is 1020. The second kappa shape index (κ2) is 11.8. The van der Waals surface area contributed by atoms with E-state index in [1.54, 1.807) is 4.90 Å². The van der Waals surface area contributed by atoms with Crippen LogP contribution in [0.4, 0.5) is 8.78 Å². The highest BCUT2D eigenvalue weighted by molar-refractivity contribution is 5.78. The molecule has 1 heterocycles. The molecule has 0 bridgehead atoms. The Morgan fingerprint density at radius 1 is 0.970 bits per heavy atom. The quantitative estimate of drug-likeness (QED) is 0.371. The van der Waals surface area contributed by atoms with Crippen molar-refractivity contribution in [2.45, 2.75) is 52.7 Å². The van der Waals surface area contributed by atoms with Crippen molar-refractivity contribution in [3.63, 3.8) is 0 Å². The molecule has 0 fully saturated rings. The summed E-state index contributed by atoms with van der Waals surface area (Å²) in [5, 5.41) is 0. The fraction of sp³-hybridized carbons (Fsp3) is 0.370. The van der Waals surface area contributed by atoms with Crippen molar-refractivity contribution in [1.29, 1.82) is 0 Å². The fourth-order valence-electron chi connectivity index (χ4n) is 3.74. The van der Waals surface area contributed by atoms with Gasteiger partial charge in [-0.2, -0.15) is 0 Å². The van der Waals surface area contributed by atoms with Crippen LogP contribution in [0.15, 0.2) is 65.1 Å². The van der Waals surface area contributed by atoms with E-state index in [0.29, 0.717) is 25.3 Å². The van der Waals surface area contributed by atoms with E-state index in [9.17, 15) is 13.6 Å². The van der Waals surface area contributed by atoms with Crippen LogP contribution in [0, 0.1) is 18.6 Å². The number of benzene rings is 2. The molecule has 1 unspecified atom stereocenters. The van der Waals surface area contributed by atoms with Crippen LogP contribution in [0.2, 0.25) is 0 Å². The van der Waals surface area contributed by atoms with Gasteiger partial charge in [0, 0.05) is 24.7 Å². The molecule has 1 aromatic heterocycles. The first kappa shape index (κ1) is 24.6. The van der Waals surface area contributed by atoms with Crippen molar-refractivity contribution < 1.29 is 18.0 Å². The molecule has 0 aliphatic rings. The van der Waals surface area contributed by atoms with Gasteiger partial charge in [0.1, 0.15) is 23.2 Å². The Balaban J connectivity index is 1.77. The summed E-state index contributed by atoms with van der Waals surface area (Å²) in [6.07, 6.45) is 1.46. The van der Waals surface area contributed by atoms with E-state index in [1.807, 2.05) is 68.1 Å². The topological polar surface area (TPSA) is 36.7 Å². The van der Waals surface area contributed by atoms with Crippen LogP contribution in [0.5, 0.6) is 0 Å². The van der Waals surface area contributed by atoms with Gasteiger partial charge >= 0.3 is 0 Å². The molecule has 6 heteroatoms. The summed E-state index contributed by atoms with van der Waals surface area (Å²) >= 11 is 0. The van der Waals surface area contributed by atoms with Crippen LogP contribution in [0.1, 0.15) is 42.9 Å². The zero-order valence-electron chi connectivity index (χ0n) is 19.6. The Morgan fingerprint density at radius 2 is 1.67 bits per heavy atom. The summed E-state index contributed by atoms with van der Waals surface area (Å²) in [5.41, 5.74) is 1.13. The molecule has 0 saturated carbocycles. The van der Waals surface area contributed by atoms with Gasteiger partial charge in [-0.1, -0.05) is 43.3 Å². The van der Waals surface area contributed by atoms with Crippen LogP contribution in [-0.4, -0.2) is 34.8 Å². The highest BCUT2D eigenvalue weighted by atomic mass is 19.1. The molecular weight excluding hydrogens is 422 g/mol. The van der Waals surface area contributed by atoms with Crippen molar-refractivity contribution >= 4 is 5.91 Å². The van der Waals surface area contributed by atoms with Gasteiger partial charge in [0.05, 0.1) is 13.1 Å². The molecule has 0 N–H and O–H groups in total. The number of carbonyl (C=O) groups is 1. The number of halogens is 2. The molecule has 0 aliphatic heterocycles. The van der Waals surface area contributed by atoms with Gasteiger partial charge in [-0.05, 0) is 56.5 Å². The molecule has 1 amide bonds.